The summed E-state index contributed by atoms with van der Waals surface area (Å²) in [5.41, 5.74) is 3.50. The molecule has 3 nitrogen and oxygen atoms in total. The van der Waals surface area contributed by atoms with Crippen molar-refractivity contribution >= 4 is 0 Å². The van der Waals surface area contributed by atoms with Crippen molar-refractivity contribution in [2.24, 2.45) is 0 Å². The monoisotopic (exact) mass is 256 g/mol. The van der Waals surface area contributed by atoms with Crippen LogP contribution in [-0.2, 0) is 6.54 Å². The van der Waals surface area contributed by atoms with Crippen LogP contribution in [0.3, 0.4) is 0 Å². The van der Waals surface area contributed by atoms with Gasteiger partial charge in [-0.05, 0) is 43.2 Å². The van der Waals surface area contributed by atoms with E-state index in [0.29, 0.717) is 6.04 Å². The highest BCUT2D eigenvalue weighted by atomic mass is 16.5. The molecule has 0 saturated carbocycles. The molecule has 1 heterocycles. The minimum atomic E-state index is 0.298. The Morgan fingerprint density at radius 1 is 1.16 bits per heavy atom. The molecule has 1 aromatic carbocycles. The number of nitrogens with zero attached hydrogens (tertiary/aromatic N) is 1. The van der Waals surface area contributed by atoms with Gasteiger partial charge in [0.1, 0.15) is 5.75 Å². The van der Waals surface area contributed by atoms with Gasteiger partial charge in [-0.2, -0.15) is 0 Å². The van der Waals surface area contributed by atoms with Gasteiger partial charge in [-0.3, -0.25) is 4.98 Å². The average molecular weight is 256 g/mol. The van der Waals surface area contributed by atoms with Crippen molar-refractivity contribution in [1.29, 1.82) is 0 Å². The molecule has 0 fully saturated rings. The zero-order valence-corrected chi connectivity index (χ0v) is 11.7. The Kier molecular flexibility index (Phi) is 4.53. The predicted molar refractivity (Wildman–Crippen MR) is 77.2 cm³/mol. The standard InChI is InChI=1S/C16H20N2O/c1-12-4-5-14(10-17-12)11-18-13(2)15-6-8-16(19-3)9-7-15/h4-10,13,18H,11H2,1-3H3/t13-/m0/s1. The summed E-state index contributed by atoms with van der Waals surface area (Å²) in [6.07, 6.45) is 1.92. The van der Waals surface area contributed by atoms with E-state index in [1.54, 1.807) is 7.11 Å². The third-order valence-electron chi connectivity index (χ3n) is 3.20. The number of aromatic nitrogens is 1. The highest BCUT2D eigenvalue weighted by Gasteiger charge is 2.05. The lowest BCUT2D eigenvalue weighted by atomic mass is 10.1. The normalized spacial score (nSPS) is 12.2. The Bertz CT molecular complexity index is 505. The lowest BCUT2D eigenvalue weighted by molar-refractivity contribution is 0.414. The van der Waals surface area contributed by atoms with Crippen LogP contribution in [0.4, 0.5) is 0 Å². The van der Waals surface area contributed by atoms with Gasteiger partial charge in [0.25, 0.3) is 0 Å². The molecular weight excluding hydrogens is 236 g/mol. The molecule has 0 spiro atoms. The Labute approximate surface area is 114 Å². The van der Waals surface area contributed by atoms with Crippen LogP contribution in [0.15, 0.2) is 42.6 Å². The van der Waals surface area contributed by atoms with Gasteiger partial charge in [0.15, 0.2) is 0 Å². The predicted octanol–water partition coefficient (Wildman–Crippen LogP) is 3.25. The Morgan fingerprint density at radius 2 is 1.89 bits per heavy atom. The van der Waals surface area contributed by atoms with Gasteiger partial charge in [-0.25, -0.2) is 0 Å². The van der Waals surface area contributed by atoms with Crippen molar-refractivity contribution in [3.63, 3.8) is 0 Å². The summed E-state index contributed by atoms with van der Waals surface area (Å²) in [6.45, 7) is 4.97. The number of aryl methyl sites for hydroxylation is 1. The van der Waals surface area contributed by atoms with Crippen molar-refractivity contribution in [3.8, 4) is 5.75 Å². The minimum absolute atomic E-state index is 0.298. The highest BCUT2D eigenvalue weighted by molar-refractivity contribution is 5.28. The van der Waals surface area contributed by atoms with Crippen LogP contribution >= 0.6 is 0 Å². The van der Waals surface area contributed by atoms with Crippen LogP contribution < -0.4 is 10.1 Å². The molecule has 0 aliphatic heterocycles. The van der Waals surface area contributed by atoms with Crippen LogP contribution in [0, 0.1) is 6.92 Å². The summed E-state index contributed by atoms with van der Waals surface area (Å²) in [7, 11) is 1.68. The number of nitrogens with one attached hydrogen (secondary N) is 1. The van der Waals surface area contributed by atoms with E-state index < -0.39 is 0 Å². The molecule has 1 atom stereocenters. The molecular formula is C16H20N2O. The largest absolute Gasteiger partial charge is 0.497 e. The first-order valence-electron chi connectivity index (χ1n) is 6.48. The van der Waals surface area contributed by atoms with Gasteiger partial charge in [0, 0.05) is 24.5 Å². The van der Waals surface area contributed by atoms with Crippen LogP contribution in [0.25, 0.3) is 0 Å². The van der Waals surface area contributed by atoms with Gasteiger partial charge in [0.2, 0.25) is 0 Å². The first kappa shape index (κ1) is 13.6. The zero-order chi connectivity index (χ0) is 13.7. The number of hydrogen-bond donors (Lipinski definition) is 1. The van der Waals surface area contributed by atoms with E-state index in [1.807, 2.05) is 31.3 Å². The highest BCUT2D eigenvalue weighted by Crippen LogP contribution is 2.17. The van der Waals surface area contributed by atoms with E-state index in [2.05, 4.69) is 35.4 Å². The molecule has 0 radical (unpaired) electrons. The molecule has 0 amide bonds. The van der Waals surface area contributed by atoms with Crippen molar-refractivity contribution in [3.05, 3.63) is 59.4 Å². The Balaban J connectivity index is 1.93. The second-order valence-corrected chi connectivity index (χ2v) is 4.68. The quantitative estimate of drug-likeness (QED) is 0.891. The number of rotatable bonds is 5. The minimum Gasteiger partial charge on any atom is -0.497 e. The fraction of sp³-hybridized carbons (Fsp3) is 0.312. The number of hydrogen-bond acceptors (Lipinski definition) is 3. The molecule has 0 aliphatic rings. The fourth-order valence-electron chi connectivity index (χ4n) is 1.88. The second-order valence-electron chi connectivity index (χ2n) is 4.68. The third-order valence-corrected chi connectivity index (χ3v) is 3.20. The third kappa shape index (κ3) is 3.80. The van der Waals surface area contributed by atoms with Gasteiger partial charge in [-0.1, -0.05) is 18.2 Å². The first-order valence-corrected chi connectivity index (χ1v) is 6.48. The molecule has 3 heteroatoms. The smallest absolute Gasteiger partial charge is 0.118 e. The summed E-state index contributed by atoms with van der Waals surface area (Å²) in [4.78, 5) is 4.30. The van der Waals surface area contributed by atoms with E-state index in [1.165, 1.54) is 11.1 Å². The van der Waals surface area contributed by atoms with Crippen molar-refractivity contribution in [2.75, 3.05) is 7.11 Å². The maximum absolute atomic E-state index is 5.16. The van der Waals surface area contributed by atoms with E-state index in [-0.39, 0.29) is 0 Å². The summed E-state index contributed by atoms with van der Waals surface area (Å²) in [6, 6.07) is 12.6. The molecule has 2 aromatic rings. The van der Waals surface area contributed by atoms with Crippen LogP contribution in [0.2, 0.25) is 0 Å². The van der Waals surface area contributed by atoms with E-state index in [9.17, 15) is 0 Å². The summed E-state index contributed by atoms with van der Waals surface area (Å²) in [5.74, 6) is 0.888. The van der Waals surface area contributed by atoms with E-state index in [0.717, 1.165) is 18.0 Å². The van der Waals surface area contributed by atoms with E-state index >= 15 is 0 Å². The van der Waals surface area contributed by atoms with Crippen molar-refractivity contribution < 1.29 is 4.74 Å². The lowest BCUT2D eigenvalue weighted by Gasteiger charge is -2.14. The summed E-state index contributed by atoms with van der Waals surface area (Å²) < 4.78 is 5.16. The van der Waals surface area contributed by atoms with Gasteiger partial charge >= 0.3 is 0 Å². The molecule has 1 aromatic heterocycles. The van der Waals surface area contributed by atoms with Gasteiger partial charge in [-0.15, -0.1) is 0 Å². The number of ether oxygens (including phenoxy) is 1. The molecule has 100 valence electrons. The Morgan fingerprint density at radius 3 is 2.47 bits per heavy atom. The van der Waals surface area contributed by atoms with Crippen LogP contribution in [0.1, 0.15) is 29.8 Å². The maximum atomic E-state index is 5.16. The number of pyridine rings is 1. The topological polar surface area (TPSA) is 34.1 Å². The molecule has 0 bridgehead atoms. The first-order chi connectivity index (χ1) is 9.19. The molecule has 2 rings (SSSR count). The van der Waals surface area contributed by atoms with Crippen molar-refractivity contribution in [2.45, 2.75) is 26.4 Å². The number of methoxy groups -OCH3 is 1. The maximum Gasteiger partial charge on any atom is 0.118 e. The molecule has 0 aliphatic carbocycles. The van der Waals surface area contributed by atoms with Crippen molar-refractivity contribution in [1.82, 2.24) is 10.3 Å². The number of benzene rings is 1. The van der Waals surface area contributed by atoms with E-state index in [4.69, 9.17) is 4.74 Å². The fourth-order valence-corrected chi connectivity index (χ4v) is 1.88. The summed E-state index contributed by atoms with van der Waals surface area (Å²) >= 11 is 0. The van der Waals surface area contributed by atoms with Gasteiger partial charge in [0.05, 0.1) is 7.11 Å². The SMILES string of the molecule is COc1ccc([C@H](C)NCc2ccc(C)nc2)cc1. The van der Waals surface area contributed by atoms with Crippen LogP contribution in [-0.4, -0.2) is 12.1 Å². The second kappa shape index (κ2) is 6.34. The average Bonchev–Trinajstić information content (AvgIpc) is 2.46. The Hall–Kier alpha value is -1.87. The molecule has 0 saturated heterocycles. The van der Waals surface area contributed by atoms with Gasteiger partial charge < -0.3 is 10.1 Å². The molecule has 1 N–H and O–H groups in total. The molecule has 19 heavy (non-hydrogen) atoms. The summed E-state index contributed by atoms with van der Waals surface area (Å²) in [5, 5.41) is 3.49. The zero-order valence-electron chi connectivity index (χ0n) is 11.7. The molecule has 0 unspecified atom stereocenters. The lowest BCUT2D eigenvalue weighted by Crippen LogP contribution is -2.18. The van der Waals surface area contributed by atoms with Crippen LogP contribution in [0.5, 0.6) is 5.75 Å².